The Labute approximate surface area is 93.6 Å². The molecule has 0 aliphatic rings. The Kier molecular flexibility index (Phi) is 3.75. The molecule has 15 heavy (non-hydrogen) atoms. The highest BCUT2D eigenvalue weighted by atomic mass is 31.2. The second-order valence-electron chi connectivity index (χ2n) is 5.01. The first-order valence-electron chi connectivity index (χ1n) is 5.14. The van der Waals surface area contributed by atoms with E-state index in [1.807, 2.05) is 42.8 Å². The molecular formula is C12H19OPSi. The molecule has 1 atom stereocenters. The molecule has 0 saturated carbocycles. The molecule has 0 saturated heterocycles. The van der Waals surface area contributed by atoms with E-state index >= 15 is 0 Å². The molecule has 0 aliphatic carbocycles. The smallest absolute Gasteiger partial charge is 0.132 e. The van der Waals surface area contributed by atoms with Crippen LogP contribution in [0.5, 0.6) is 0 Å². The molecule has 0 spiro atoms. The Morgan fingerprint density at radius 1 is 1.13 bits per heavy atom. The lowest BCUT2D eigenvalue weighted by Crippen LogP contribution is -2.15. The molecule has 0 unspecified atom stereocenters. The first-order chi connectivity index (χ1) is 6.81. The van der Waals surface area contributed by atoms with E-state index in [9.17, 15) is 4.57 Å². The molecule has 0 radical (unpaired) electrons. The quantitative estimate of drug-likeness (QED) is 0.579. The molecule has 1 nitrogen and oxygen atoms in total. The van der Waals surface area contributed by atoms with Crippen LogP contribution in [0.1, 0.15) is 0 Å². The van der Waals surface area contributed by atoms with Crippen molar-refractivity contribution in [1.82, 2.24) is 0 Å². The summed E-state index contributed by atoms with van der Waals surface area (Å²) in [4.78, 5) is 0. The van der Waals surface area contributed by atoms with Crippen LogP contribution in [0.2, 0.25) is 19.6 Å². The SMILES string of the molecule is C[Si](C)(C)/C=C/[P@@](C)(=O)c1ccccc1. The molecule has 0 amide bonds. The van der Waals surface area contributed by atoms with Crippen molar-refractivity contribution in [2.24, 2.45) is 0 Å². The summed E-state index contributed by atoms with van der Waals surface area (Å²) in [6.45, 7) is 8.57. The predicted octanol–water partition coefficient (Wildman–Crippen LogP) is 3.70. The van der Waals surface area contributed by atoms with Gasteiger partial charge in [-0.2, -0.15) is 0 Å². The first kappa shape index (κ1) is 12.5. The largest absolute Gasteiger partial charge is 0.315 e. The number of benzene rings is 1. The van der Waals surface area contributed by atoms with Crippen LogP contribution in [0.25, 0.3) is 0 Å². The summed E-state index contributed by atoms with van der Waals surface area (Å²) >= 11 is 0. The molecule has 3 heteroatoms. The summed E-state index contributed by atoms with van der Waals surface area (Å²) < 4.78 is 12.4. The molecule has 0 bridgehead atoms. The second-order valence-corrected chi connectivity index (χ2v) is 12.9. The van der Waals surface area contributed by atoms with Gasteiger partial charge in [0.25, 0.3) is 0 Å². The number of hydrogen-bond donors (Lipinski definition) is 0. The van der Waals surface area contributed by atoms with Crippen LogP contribution in [0, 0.1) is 0 Å². The summed E-state index contributed by atoms with van der Waals surface area (Å²) in [5.74, 6) is 1.93. The molecule has 82 valence electrons. The zero-order valence-corrected chi connectivity index (χ0v) is 11.8. The van der Waals surface area contributed by atoms with Gasteiger partial charge >= 0.3 is 0 Å². The summed E-state index contributed by atoms with van der Waals surface area (Å²) in [7, 11) is -3.54. The summed E-state index contributed by atoms with van der Waals surface area (Å²) in [6, 6.07) is 9.71. The van der Waals surface area contributed by atoms with Gasteiger partial charge in [-0.15, -0.1) is 0 Å². The van der Waals surface area contributed by atoms with Crippen molar-refractivity contribution < 1.29 is 4.57 Å². The van der Waals surface area contributed by atoms with Gasteiger partial charge in [0, 0.05) is 5.30 Å². The van der Waals surface area contributed by atoms with Gasteiger partial charge in [-0.05, 0) is 12.5 Å². The Bertz CT molecular complexity index is 390. The van der Waals surface area contributed by atoms with E-state index in [0.717, 1.165) is 5.30 Å². The van der Waals surface area contributed by atoms with E-state index in [1.165, 1.54) is 0 Å². The van der Waals surface area contributed by atoms with Crippen LogP contribution in [0.3, 0.4) is 0 Å². The summed E-state index contributed by atoms with van der Waals surface area (Å²) in [5.41, 5.74) is 2.17. The van der Waals surface area contributed by atoms with Crippen LogP contribution in [0.4, 0.5) is 0 Å². The molecule has 0 aromatic heterocycles. The third-order valence-corrected chi connectivity index (χ3v) is 5.62. The Morgan fingerprint density at radius 2 is 1.67 bits per heavy atom. The van der Waals surface area contributed by atoms with Crippen LogP contribution in [-0.4, -0.2) is 14.7 Å². The summed E-state index contributed by atoms with van der Waals surface area (Å²) in [5, 5.41) is 0.944. The van der Waals surface area contributed by atoms with E-state index < -0.39 is 15.2 Å². The van der Waals surface area contributed by atoms with Gasteiger partial charge in [-0.3, -0.25) is 0 Å². The molecule has 1 rings (SSSR count). The summed E-state index contributed by atoms with van der Waals surface area (Å²) in [6.07, 6.45) is 0. The van der Waals surface area contributed by atoms with Crippen molar-refractivity contribution in [1.29, 1.82) is 0 Å². The average Bonchev–Trinajstić information content (AvgIpc) is 2.16. The first-order valence-corrected chi connectivity index (χ1v) is 10.9. The third kappa shape index (κ3) is 4.19. The van der Waals surface area contributed by atoms with Crippen LogP contribution >= 0.6 is 7.14 Å². The lowest BCUT2D eigenvalue weighted by atomic mass is 10.4. The van der Waals surface area contributed by atoms with E-state index in [4.69, 9.17) is 0 Å². The maximum absolute atomic E-state index is 12.4. The van der Waals surface area contributed by atoms with Crippen LogP contribution in [-0.2, 0) is 4.57 Å². The van der Waals surface area contributed by atoms with Crippen molar-refractivity contribution >= 4 is 20.5 Å². The number of hydrogen-bond acceptors (Lipinski definition) is 1. The van der Waals surface area contributed by atoms with Crippen molar-refractivity contribution in [2.75, 3.05) is 6.66 Å². The monoisotopic (exact) mass is 238 g/mol. The molecule has 1 aromatic carbocycles. The van der Waals surface area contributed by atoms with Gasteiger partial charge in [0.05, 0.1) is 8.07 Å². The van der Waals surface area contributed by atoms with Gasteiger partial charge in [0.1, 0.15) is 7.14 Å². The second kappa shape index (κ2) is 4.50. The Morgan fingerprint density at radius 3 is 2.13 bits per heavy atom. The Hall–Kier alpha value is -0.593. The molecule has 1 aromatic rings. The van der Waals surface area contributed by atoms with Gasteiger partial charge in [-0.1, -0.05) is 55.7 Å². The lowest BCUT2D eigenvalue weighted by Gasteiger charge is -2.12. The van der Waals surface area contributed by atoms with Gasteiger partial charge in [-0.25, -0.2) is 0 Å². The third-order valence-electron chi connectivity index (χ3n) is 2.13. The van der Waals surface area contributed by atoms with Crippen molar-refractivity contribution in [3.8, 4) is 0 Å². The van der Waals surface area contributed by atoms with Crippen LogP contribution < -0.4 is 5.30 Å². The van der Waals surface area contributed by atoms with E-state index in [2.05, 4.69) is 25.3 Å². The van der Waals surface area contributed by atoms with Crippen molar-refractivity contribution in [2.45, 2.75) is 19.6 Å². The lowest BCUT2D eigenvalue weighted by molar-refractivity contribution is 0.590. The fourth-order valence-electron chi connectivity index (χ4n) is 1.18. The fraction of sp³-hybridized carbons (Fsp3) is 0.333. The predicted molar refractivity (Wildman–Crippen MR) is 72.1 cm³/mol. The maximum atomic E-state index is 12.4. The van der Waals surface area contributed by atoms with E-state index in [0.29, 0.717) is 0 Å². The van der Waals surface area contributed by atoms with E-state index in [-0.39, 0.29) is 0 Å². The topological polar surface area (TPSA) is 17.1 Å². The zero-order valence-electron chi connectivity index (χ0n) is 9.90. The van der Waals surface area contributed by atoms with Crippen molar-refractivity contribution in [3.05, 3.63) is 41.8 Å². The average molecular weight is 238 g/mol. The molecule has 0 aliphatic heterocycles. The zero-order chi connectivity index (χ0) is 11.5. The van der Waals surface area contributed by atoms with E-state index in [1.54, 1.807) is 0 Å². The highest BCUT2D eigenvalue weighted by molar-refractivity contribution is 7.73. The highest BCUT2D eigenvalue weighted by Crippen LogP contribution is 2.41. The molecular weight excluding hydrogens is 219 g/mol. The van der Waals surface area contributed by atoms with Gasteiger partial charge in [0.15, 0.2) is 0 Å². The molecule has 0 N–H and O–H groups in total. The van der Waals surface area contributed by atoms with Crippen molar-refractivity contribution in [3.63, 3.8) is 0 Å². The number of rotatable bonds is 3. The maximum Gasteiger partial charge on any atom is 0.132 e. The standard InChI is InChI=1S/C12H19OPSi/c1-14(13,10-11-15(2,3)4)12-8-6-5-7-9-12/h5-11H,1-4H3/b11-10+/t14-/m1/s1. The minimum absolute atomic E-state index is 0.944. The van der Waals surface area contributed by atoms with Crippen LogP contribution in [0.15, 0.2) is 41.8 Å². The fourth-order valence-corrected chi connectivity index (χ4v) is 5.04. The Balaban J connectivity index is 2.95. The van der Waals surface area contributed by atoms with Gasteiger partial charge < -0.3 is 4.57 Å². The highest BCUT2D eigenvalue weighted by Gasteiger charge is 2.16. The molecule has 0 heterocycles. The minimum Gasteiger partial charge on any atom is -0.315 e. The minimum atomic E-state index is -2.29. The van der Waals surface area contributed by atoms with Gasteiger partial charge in [0.2, 0.25) is 0 Å². The normalized spacial score (nSPS) is 16.5. The molecule has 0 fully saturated rings.